The van der Waals surface area contributed by atoms with Gasteiger partial charge in [-0.25, -0.2) is 8.42 Å². The van der Waals surface area contributed by atoms with Crippen LogP contribution >= 0.6 is 11.8 Å². The Bertz CT molecular complexity index is 615. The molecule has 1 aromatic rings. The zero-order valence-corrected chi connectivity index (χ0v) is 14.4. The first kappa shape index (κ1) is 17.3. The van der Waals surface area contributed by atoms with Crippen molar-refractivity contribution in [2.45, 2.75) is 44.4 Å². The molecule has 1 N–H and O–H groups in total. The van der Waals surface area contributed by atoms with E-state index in [1.807, 2.05) is 13.8 Å². The monoisotopic (exact) mass is 347 g/mol. The average Bonchev–Trinajstić information content (AvgIpc) is 3.03. The molecular weight excluding hydrogens is 326 g/mol. The number of aromatic nitrogens is 2. The second-order valence-electron chi connectivity index (χ2n) is 5.60. The summed E-state index contributed by atoms with van der Waals surface area (Å²) in [6.07, 6.45) is 2.00. The zero-order valence-electron chi connectivity index (χ0n) is 12.7. The van der Waals surface area contributed by atoms with Gasteiger partial charge in [-0.2, -0.15) is 0 Å². The van der Waals surface area contributed by atoms with Crippen LogP contribution in [0.2, 0.25) is 0 Å². The van der Waals surface area contributed by atoms with Gasteiger partial charge in [0.2, 0.25) is 11.8 Å². The molecule has 0 saturated carbocycles. The minimum Gasteiger partial charge on any atom is -0.416 e. The number of nitrogens with one attached hydrogen (secondary N) is 1. The van der Waals surface area contributed by atoms with E-state index in [4.69, 9.17) is 4.42 Å². The van der Waals surface area contributed by atoms with Gasteiger partial charge in [-0.3, -0.25) is 4.79 Å². The second-order valence-corrected chi connectivity index (χ2v) is 8.76. The molecule has 0 radical (unpaired) electrons. The number of sulfone groups is 1. The Labute approximate surface area is 134 Å². The van der Waals surface area contributed by atoms with Crippen LogP contribution in [0.15, 0.2) is 9.64 Å². The van der Waals surface area contributed by atoms with Gasteiger partial charge >= 0.3 is 0 Å². The maximum Gasteiger partial charge on any atom is 0.277 e. The molecule has 7 nitrogen and oxygen atoms in total. The largest absolute Gasteiger partial charge is 0.416 e. The predicted molar refractivity (Wildman–Crippen MR) is 83.4 cm³/mol. The Morgan fingerprint density at radius 1 is 1.50 bits per heavy atom. The number of carbonyl (C=O) groups excluding carboxylic acids is 1. The van der Waals surface area contributed by atoms with Crippen LogP contribution in [0.3, 0.4) is 0 Å². The summed E-state index contributed by atoms with van der Waals surface area (Å²) in [7, 11) is -2.89. The van der Waals surface area contributed by atoms with Gasteiger partial charge < -0.3 is 9.73 Å². The van der Waals surface area contributed by atoms with Gasteiger partial charge in [-0.1, -0.05) is 18.7 Å². The first-order valence-corrected chi connectivity index (χ1v) is 10.1. The second kappa shape index (κ2) is 7.45. The molecule has 1 aliphatic heterocycles. The normalized spacial score (nSPS) is 21.6. The Morgan fingerprint density at radius 2 is 2.27 bits per heavy atom. The molecule has 1 amide bonds. The molecule has 0 aromatic carbocycles. The van der Waals surface area contributed by atoms with Crippen LogP contribution in [0, 0.1) is 5.92 Å². The Kier molecular flexibility index (Phi) is 5.85. The predicted octanol–water partition coefficient (Wildman–Crippen LogP) is 1.05. The summed E-state index contributed by atoms with van der Waals surface area (Å²) >= 11 is 1.19. The van der Waals surface area contributed by atoms with E-state index in [1.54, 1.807) is 0 Å². The van der Waals surface area contributed by atoms with Crippen molar-refractivity contribution >= 4 is 27.5 Å². The van der Waals surface area contributed by atoms with Crippen LogP contribution in [0.25, 0.3) is 0 Å². The van der Waals surface area contributed by atoms with Gasteiger partial charge in [0.05, 0.1) is 17.3 Å². The molecule has 22 heavy (non-hydrogen) atoms. The van der Waals surface area contributed by atoms with Crippen LogP contribution in [0.4, 0.5) is 0 Å². The molecule has 1 fully saturated rings. The third-order valence-corrected chi connectivity index (χ3v) is 6.24. The van der Waals surface area contributed by atoms with E-state index in [9.17, 15) is 13.2 Å². The van der Waals surface area contributed by atoms with E-state index < -0.39 is 9.84 Å². The van der Waals surface area contributed by atoms with Crippen molar-refractivity contribution in [1.29, 1.82) is 0 Å². The minimum absolute atomic E-state index is 0.0528. The highest BCUT2D eigenvalue weighted by Crippen LogP contribution is 2.23. The number of carbonyl (C=O) groups is 1. The van der Waals surface area contributed by atoms with Crippen molar-refractivity contribution in [3.8, 4) is 0 Å². The molecule has 2 heterocycles. The van der Waals surface area contributed by atoms with Gasteiger partial charge in [-0.05, 0) is 25.7 Å². The molecule has 0 aliphatic carbocycles. The van der Waals surface area contributed by atoms with Gasteiger partial charge in [0, 0.05) is 12.5 Å². The molecule has 1 aliphatic rings. The standard InChI is InChI=1S/C13H21N3O4S2/c1-3-9(2)14-11(17)7-21-13-16-15-12(20-13)6-10-4-5-22(18,19)8-10/h9-10H,3-8H2,1-2H3,(H,14,17)/t9-,10-/m1/s1. The lowest BCUT2D eigenvalue weighted by molar-refractivity contribution is -0.119. The van der Waals surface area contributed by atoms with Crippen molar-refractivity contribution < 1.29 is 17.6 Å². The van der Waals surface area contributed by atoms with E-state index in [2.05, 4.69) is 15.5 Å². The zero-order chi connectivity index (χ0) is 16.2. The number of amides is 1. The van der Waals surface area contributed by atoms with Crippen molar-refractivity contribution in [3.63, 3.8) is 0 Å². The van der Waals surface area contributed by atoms with E-state index in [-0.39, 0.29) is 35.1 Å². The molecule has 0 unspecified atom stereocenters. The first-order valence-electron chi connectivity index (χ1n) is 7.33. The SMILES string of the molecule is CC[C@@H](C)NC(=O)CSc1nnc(C[C@H]2CCS(=O)(=O)C2)o1. The van der Waals surface area contributed by atoms with E-state index in [1.165, 1.54) is 11.8 Å². The lowest BCUT2D eigenvalue weighted by Gasteiger charge is -2.09. The third kappa shape index (κ3) is 5.28. The first-order chi connectivity index (χ1) is 10.4. The molecule has 2 rings (SSSR count). The van der Waals surface area contributed by atoms with Crippen molar-refractivity contribution in [1.82, 2.24) is 15.5 Å². The quantitative estimate of drug-likeness (QED) is 0.736. The summed E-state index contributed by atoms with van der Waals surface area (Å²) in [5.41, 5.74) is 0. The number of hydrogen-bond donors (Lipinski definition) is 1. The maximum atomic E-state index is 11.7. The number of rotatable bonds is 7. The van der Waals surface area contributed by atoms with Crippen LogP contribution in [-0.2, 0) is 21.1 Å². The molecule has 9 heteroatoms. The maximum absolute atomic E-state index is 11.7. The van der Waals surface area contributed by atoms with Gasteiger partial charge in [0.15, 0.2) is 9.84 Å². The number of hydrogen-bond acceptors (Lipinski definition) is 7. The fraction of sp³-hybridized carbons (Fsp3) is 0.769. The highest BCUT2D eigenvalue weighted by atomic mass is 32.2. The van der Waals surface area contributed by atoms with Crippen LogP contribution in [-0.4, -0.2) is 47.8 Å². The van der Waals surface area contributed by atoms with Crippen LogP contribution in [0.1, 0.15) is 32.6 Å². The van der Waals surface area contributed by atoms with E-state index >= 15 is 0 Å². The Morgan fingerprint density at radius 3 is 2.91 bits per heavy atom. The highest BCUT2D eigenvalue weighted by molar-refractivity contribution is 7.99. The Hall–Kier alpha value is -1.09. The fourth-order valence-corrected chi connectivity index (χ4v) is 4.66. The average molecular weight is 347 g/mol. The molecule has 2 atom stereocenters. The lowest BCUT2D eigenvalue weighted by Crippen LogP contribution is -2.33. The van der Waals surface area contributed by atoms with Crippen molar-refractivity contribution in [2.75, 3.05) is 17.3 Å². The summed E-state index contributed by atoms with van der Waals surface area (Å²) in [5, 5.41) is 11.0. The van der Waals surface area contributed by atoms with Gasteiger partial charge in [-0.15, -0.1) is 10.2 Å². The summed E-state index contributed by atoms with van der Waals surface area (Å²) in [4.78, 5) is 11.7. The minimum atomic E-state index is -2.89. The molecule has 0 bridgehead atoms. The Balaban J connectivity index is 1.78. The van der Waals surface area contributed by atoms with E-state index in [0.29, 0.717) is 24.0 Å². The summed E-state index contributed by atoms with van der Waals surface area (Å²) < 4.78 is 28.3. The molecular formula is C13H21N3O4S2. The summed E-state index contributed by atoms with van der Waals surface area (Å²) in [5.74, 6) is 1.08. The smallest absolute Gasteiger partial charge is 0.277 e. The number of nitrogens with zero attached hydrogens (tertiary/aromatic N) is 2. The van der Waals surface area contributed by atoms with Crippen molar-refractivity contribution in [3.05, 3.63) is 5.89 Å². The lowest BCUT2D eigenvalue weighted by atomic mass is 10.1. The van der Waals surface area contributed by atoms with Gasteiger partial charge in [0.1, 0.15) is 0 Å². The number of thioether (sulfide) groups is 1. The third-order valence-electron chi connectivity index (χ3n) is 3.58. The van der Waals surface area contributed by atoms with Crippen LogP contribution < -0.4 is 5.32 Å². The van der Waals surface area contributed by atoms with E-state index in [0.717, 1.165) is 6.42 Å². The summed E-state index contributed by atoms with van der Waals surface area (Å²) in [6, 6.07) is 0.149. The van der Waals surface area contributed by atoms with Crippen LogP contribution in [0.5, 0.6) is 0 Å². The summed E-state index contributed by atoms with van der Waals surface area (Å²) in [6.45, 7) is 3.95. The molecule has 1 aromatic heterocycles. The topological polar surface area (TPSA) is 102 Å². The molecule has 1 saturated heterocycles. The highest BCUT2D eigenvalue weighted by Gasteiger charge is 2.29. The molecule has 124 valence electrons. The van der Waals surface area contributed by atoms with Crippen molar-refractivity contribution in [2.24, 2.45) is 5.92 Å². The fourth-order valence-electron chi connectivity index (χ4n) is 2.20. The molecule has 0 spiro atoms. The van der Waals surface area contributed by atoms with Gasteiger partial charge in [0.25, 0.3) is 5.22 Å².